The third kappa shape index (κ3) is 4.54. The van der Waals surface area contributed by atoms with Crippen LogP contribution in [0.1, 0.15) is 5.56 Å². The van der Waals surface area contributed by atoms with Gasteiger partial charge in [0.1, 0.15) is 18.1 Å². The summed E-state index contributed by atoms with van der Waals surface area (Å²) in [5.74, 6) is 2.35. The van der Waals surface area contributed by atoms with Crippen LogP contribution in [0.5, 0.6) is 23.0 Å². The maximum Gasteiger partial charge on any atom is 0.262 e. The molecule has 0 saturated heterocycles. The zero-order valence-corrected chi connectivity index (χ0v) is 15.1. The van der Waals surface area contributed by atoms with E-state index in [0.29, 0.717) is 29.5 Å². The van der Waals surface area contributed by atoms with E-state index in [0.717, 1.165) is 11.3 Å². The fourth-order valence-electron chi connectivity index (χ4n) is 2.69. The highest BCUT2D eigenvalue weighted by atomic mass is 16.7. The van der Waals surface area contributed by atoms with Crippen LogP contribution in [0.4, 0.5) is 5.69 Å². The molecule has 1 heterocycles. The summed E-state index contributed by atoms with van der Waals surface area (Å²) in [6.07, 6.45) is 0. The molecule has 1 N–H and O–H groups in total. The zero-order valence-electron chi connectivity index (χ0n) is 15.1. The molecular formula is C22H19NO5. The third-order valence-corrected chi connectivity index (χ3v) is 4.10. The molecule has 0 bridgehead atoms. The second kappa shape index (κ2) is 8.35. The highest BCUT2D eigenvalue weighted by Crippen LogP contribution is 2.34. The Hall–Kier alpha value is -3.67. The highest BCUT2D eigenvalue weighted by Gasteiger charge is 2.14. The summed E-state index contributed by atoms with van der Waals surface area (Å²) in [7, 11) is 0. The van der Waals surface area contributed by atoms with E-state index in [9.17, 15) is 4.79 Å². The Balaban J connectivity index is 1.24. The van der Waals surface area contributed by atoms with E-state index in [1.807, 2.05) is 42.5 Å². The van der Waals surface area contributed by atoms with Gasteiger partial charge in [-0.1, -0.05) is 30.3 Å². The SMILES string of the molecule is O=C(COc1ccc(OCc2ccccc2)cc1)Nc1ccc2c(c1)OCO2. The number of hydrogen-bond acceptors (Lipinski definition) is 5. The number of amides is 1. The number of hydrogen-bond donors (Lipinski definition) is 1. The molecular weight excluding hydrogens is 358 g/mol. The van der Waals surface area contributed by atoms with Gasteiger partial charge in [0.15, 0.2) is 18.1 Å². The van der Waals surface area contributed by atoms with E-state index in [1.165, 1.54) is 0 Å². The van der Waals surface area contributed by atoms with Crippen molar-refractivity contribution >= 4 is 11.6 Å². The molecule has 6 heteroatoms. The quantitative estimate of drug-likeness (QED) is 0.674. The number of carbonyl (C=O) groups is 1. The molecule has 0 saturated carbocycles. The molecule has 142 valence electrons. The predicted molar refractivity (Wildman–Crippen MR) is 104 cm³/mol. The molecule has 6 nitrogen and oxygen atoms in total. The van der Waals surface area contributed by atoms with Crippen LogP contribution in [0.15, 0.2) is 72.8 Å². The summed E-state index contributed by atoms with van der Waals surface area (Å²) in [6, 6.07) is 22.3. The first-order valence-corrected chi connectivity index (χ1v) is 8.85. The molecule has 0 atom stereocenters. The van der Waals surface area contributed by atoms with Crippen molar-refractivity contribution < 1.29 is 23.7 Å². The first kappa shape index (κ1) is 17.7. The molecule has 3 aromatic carbocycles. The molecule has 0 fully saturated rings. The van der Waals surface area contributed by atoms with E-state index in [-0.39, 0.29) is 19.3 Å². The topological polar surface area (TPSA) is 66.0 Å². The summed E-state index contributed by atoms with van der Waals surface area (Å²) < 4.78 is 21.8. The predicted octanol–water partition coefficient (Wildman–Crippen LogP) is 4.01. The largest absolute Gasteiger partial charge is 0.489 e. The van der Waals surface area contributed by atoms with Crippen LogP contribution in [0.25, 0.3) is 0 Å². The van der Waals surface area contributed by atoms with E-state index >= 15 is 0 Å². The van der Waals surface area contributed by atoms with E-state index in [4.69, 9.17) is 18.9 Å². The Bertz CT molecular complexity index is 941. The van der Waals surface area contributed by atoms with Crippen molar-refractivity contribution in [1.82, 2.24) is 0 Å². The van der Waals surface area contributed by atoms with Crippen LogP contribution >= 0.6 is 0 Å². The van der Waals surface area contributed by atoms with Crippen molar-refractivity contribution in [2.75, 3.05) is 18.7 Å². The monoisotopic (exact) mass is 377 g/mol. The Morgan fingerprint density at radius 2 is 1.57 bits per heavy atom. The molecule has 28 heavy (non-hydrogen) atoms. The van der Waals surface area contributed by atoms with Crippen molar-refractivity contribution in [3.05, 3.63) is 78.4 Å². The van der Waals surface area contributed by atoms with Gasteiger partial charge in [-0.2, -0.15) is 0 Å². The normalized spacial score (nSPS) is 11.7. The average molecular weight is 377 g/mol. The second-order valence-electron chi connectivity index (χ2n) is 6.15. The van der Waals surface area contributed by atoms with Gasteiger partial charge in [-0.15, -0.1) is 0 Å². The fraction of sp³-hybridized carbons (Fsp3) is 0.136. The van der Waals surface area contributed by atoms with Gasteiger partial charge in [-0.3, -0.25) is 4.79 Å². The molecule has 1 aliphatic rings. The van der Waals surface area contributed by atoms with Crippen molar-refractivity contribution in [3.63, 3.8) is 0 Å². The molecule has 0 aromatic heterocycles. The Morgan fingerprint density at radius 3 is 2.36 bits per heavy atom. The number of anilines is 1. The van der Waals surface area contributed by atoms with Gasteiger partial charge in [-0.05, 0) is 42.0 Å². The van der Waals surface area contributed by atoms with Gasteiger partial charge >= 0.3 is 0 Å². The van der Waals surface area contributed by atoms with Crippen molar-refractivity contribution in [2.45, 2.75) is 6.61 Å². The summed E-state index contributed by atoms with van der Waals surface area (Å²) in [5, 5.41) is 2.77. The van der Waals surface area contributed by atoms with Crippen molar-refractivity contribution in [1.29, 1.82) is 0 Å². The first-order valence-electron chi connectivity index (χ1n) is 8.85. The lowest BCUT2D eigenvalue weighted by atomic mass is 10.2. The molecule has 0 aliphatic carbocycles. The molecule has 3 aromatic rings. The van der Waals surface area contributed by atoms with Gasteiger partial charge in [0.05, 0.1) is 0 Å². The number of fused-ring (bicyclic) bond motifs is 1. The lowest BCUT2D eigenvalue weighted by molar-refractivity contribution is -0.118. The Labute approximate surface area is 162 Å². The maximum atomic E-state index is 12.1. The summed E-state index contributed by atoms with van der Waals surface area (Å²) in [6.45, 7) is 0.596. The minimum absolute atomic E-state index is 0.0986. The van der Waals surface area contributed by atoms with Gasteiger partial charge < -0.3 is 24.3 Å². The van der Waals surface area contributed by atoms with Crippen LogP contribution in [0.3, 0.4) is 0 Å². The van der Waals surface area contributed by atoms with Crippen molar-refractivity contribution in [2.24, 2.45) is 0 Å². The molecule has 1 amide bonds. The van der Waals surface area contributed by atoms with Crippen LogP contribution in [-0.4, -0.2) is 19.3 Å². The molecule has 0 spiro atoms. The first-order chi connectivity index (χ1) is 13.8. The minimum Gasteiger partial charge on any atom is -0.489 e. The highest BCUT2D eigenvalue weighted by molar-refractivity contribution is 5.92. The fourth-order valence-corrected chi connectivity index (χ4v) is 2.69. The number of ether oxygens (including phenoxy) is 4. The maximum absolute atomic E-state index is 12.1. The van der Waals surface area contributed by atoms with Gasteiger partial charge in [0.25, 0.3) is 5.91 Å². The van der Waals surface area contributed by atoms with Crippen LogP contribution in [0, 0.1) is 0 Å². The van der Waals surface area contributed by atoms with Gasteiger partial charge in [0, 0.05) is 11.8 Å². The lowest BCUT2D eigenvalue weighted by Crippen LogP contribution is -2.20. The van der Waals surface area contributed by atoms with E-state index in [1.54, 1.807) is 30.3 Å². The van der Waals surface area contributed by atoms with Crippen LogP contribution in [-0.2, 0) is 11.4 Å². The third-order valence-electron chi connectivity index (χ3n) is 4.10. The molecule has 0 unspecified atom stereocenters. The minimum atomic E-state index is -0.261. The smallest absolute Gasteiger partial charge is 0.262 e. The van der Waals surface area contributed by atoms with Crippen LogP contribution < -0.4 is 24.3 Å². The number of benzene rings is 3. The number of nitrogens with one attached hydrogen (secondary N) is 1. The lowest BCUT2D eigenvalue weighted by Gasteiger charge is -2.09. The van der Waals surface area contributed by atoms with Gasteiger partial charge in [0.2, 0.25) is 6.79 Å². The summed E-state index contributed by atoms with van der Waals surface area (Å²) >= 11 is 0. The average Bonchev–Trinajstić information content (AvgIpc) is 3.20. The van der Waals surface area contributed by atoms with Gasteiger partial charge in [-0.25, -0.2) is 0 Å². The number of carbonyl (C=O) groups excluding carboxylic acids is 1. The van der Waals surface area contributed by atoms with E-state index in [2.05, 4.69) is 5.32 Å². The summed E-state index contributed by atoms with van der Waals surface area (Å²) in [4.78, 5) is 12.1. The standard InChI is InChI=1S/C22H19NO5/c24-22(23-17-6-11-20-21(12-17)28-15-27-20)14-26-19-9-7-18(8-10-19)25-13-16-4-2-1-3-5-16/h1-12H,13-15H2,(H,23,24). The Kier molecular flexibility index (Phi) is 5.29. The van der Waals surface area contributed by atoms with Crippen LogP contribution in [0.2, 0.25) is 0 Å². The summed E-state index contributed by atoms with van der Waals surface area (Å²) in [5.41, 5.74) is 1.73. The molecule has 1 aliphatic heterocycles. The Morgan fingerprint density at radius 1 is 0.857 bits per heavy atom. The number of rotatable bonds is 7. The molecule has 0 radical (unpaired) electrons. The molecule has 4 rings (SSSR count). The van der Waals surface area contributed by atoms with E-state index < -0.39 is 0 Å². The zero-order chi connectivity index (χ0) is 19.2. The van der Waals surface area contributed by atoms with Crippen molar-refractivity contribution in [3.8, 4) is 23.0 Å². The second-order valence-corrected chi connectivity index (χ2v) is 6.15.